The van der Waals surface area contributed by atoms with Crippen molar-refractivity contribution in [3.05, 3.63) is 26.8 Å². The van der Waals surface area contributed by atoms with Crippen molar-refractivity contribution in [1.29, 1.82) is 0 Å². The SMILES string of the molecule is CCCN(CCC)[C@H]1Cc2c(I)ccc3c2[C@H](C1)CN3C(=O)OC(C)(C)C. The zero-order valence-electron chi connectivity index (χ0n) is 17.3. The molecule has 0 saturated carbocycles. The summed E-state index contributed by atoms with van der Waals surface area (Å²) in [6.45, 7) is 13.4. The summed E-state index contributed by atoms with van der Waals surface area (Å²) in [7, 11) is 0. The summed E-state index contributed by atoms with van der Waals surface area (Å²) < 4.78 is 7.02. The largest absolute Gasteiger partial charge is 0.443 e. The fourth-order valence-corrected chi connectivity index (χ4v) is 5.28. The van der Waals surface area contributed by atoms with Crippen molar-refractivity contribution in [2.45, 2.75) is 77.9 Å². The minimum atomic E-state index is -0.469. The molecule has 1 aliphatic carbocycles. The predicted octanol–water partition coefficient (Wildman–Crippen LogP) is 5.57. The smallest absolute Gasteiger partial charge is 0.414 e. The zero-order chi connectivity index (χ0) is 19.8. The van der Waals surface area contributed by atoms with E-state index in [1.165, 1.54) is 27.5 Å². The van der Waals surface area contributed by atoms with Crippen LogP contribution in [0.25, 0.3) is 0 Å². The number of hydrogen-bond donors (Lipinski definition) is 0. The molecule has 0 saturated heterocycles. The van der Waals surface area contributed by atoms with Gasteiger partial charge in [-0.3, -0.25) is 4.90 Å². The molecule has 0 radical (unpaired) electrons. The highest BCUT2D eigenvalue weighted by Crippen LogP contribution is 2.47. The van der Waals surface area contributed by atoms with Gasteiger partial charge in [-0.25, -0.2) is 4.79 Å². The summed E-state index contributed by atoms with van der Waals surface area (Å²) in [6, 6.07) is 4.85. The van der Waals surface area contributed by atoms with Crippen LogP contribution in [0.3, 0.4) is 0 Å². The van der Waals surface area contributed by atoms with Gasteiger partial charge in [0.2, 0.25) is 0 Å². The van der Waals surface area contributed by atoms with Crippen LogP contribution in [0, 0.1) is 3.57 Å². The standard InChI is InChI=1S/C22H33IN2O2/c1-6-10-24(11-7-2)16-12-15-14-25(21(26)27-22(3,4)5)19-9-8-18(23)17(13-16)20(15)19/h8-9,15-16H,6-7,10-14H2,1-5H3/t15-,16-/m1/s1. The molecule has 2 atom stereocenters. The maximum atomic E-state index is 12.8. The third-order valence-corrected chi connectivity index (χ3v) is 6.54. The van der Waals surface area contributed by atoms with Gasteiger partial charge in [-0.1, -0.05) is 13.8 Å². The van der Waals surface area contributed by atoms with Gasteiger partial charge in [0.1, 0.15) is 5.60 Å². The number of halogens is 1. The van der Waals surface area contributed by atoms with Crippen LogP contribution < -0.4 is 4.90 Å². The molecule has 0 aromatic heterocycles. The number of hydrogen-bond acceptors (Lipinski definition) is 3. The Morgan fingerprint density at radius 3 is 2.52 bits per heavy atom. The van der Waals surface area contributed by atoms with Crippen molar-refractivity contribution in [2.24, 2.45) is 0 Å². The molecule has 1 amide bonds. The van der Waals surface area contributed by atoms with Gasteiger partial charge in [0.25, 0.3) is 0 Å². The van der Waals surface area contributed by atoms with Crippen LogP contribution in [0.5, 0.6) is 0 Å². The normalized spacial score (nSPS) is 21.5. The minimum Gasteiger partial charge on any atom is -0.443 e. The number of carbonyl (C=O) groups is 1. The highest BCUT2D eigenvalue weighted by atomic mass is 127. The van der Waals surface area contributed by atoms with Crippen LogP contribution >= 0.6 is 22.6 Å². The third kappa shape index (κ3) is 4.44. The van der Waals surface area contributed by atoms with Crippen molar-refractivity contribution >= 4 is 34.4 Å². The Labute approximate surface area is 177 Å². The van der Waals surface area contributed by atoms with Crippen molar-refractivity contribution in [3.63, 3.8) is 0 Å². The Bertz CT molecular complexity index is 692. The molecule has 4 nitrogen and oxygen atoms in total. The molecule has 1 aromatic rings. The highest BCUT2D eigenvalue weighted by Gasteiger charge is 2.41. The average Bonchev–Trinajstić information content (AvgIpc) is 2.96. The fourth-order valence-electron chi connectivity index (χ4n) is 4.59. The number of carbonyl (C=O) groups excluding carboxylic acids is 1. The quantitative estimate of drug-likeness (QED) is 0.513. The molecule has 1 heterocycles. The van der Waals surface area contributed by atoms with Gasteiger partial charge in [-0.2, -0.15) is 0 Å². The van der Waals surface area contributed by atoms with E-state index in [4.69, 9.17) is 4.74 Å². The summed E-state index contributed by atoms with van der Waals surface area (Å²) >= 11 is 2.47. The van der Waals surface area contributed by atoms with Crippen LogP contribution in [-0.4, -0.2) is 42.3 Å². The van der Waals surface area contributed by atoms with Crippen LogP contribution in [0.2, 0.25) is 0 Å². The molecule has 0 bridgehead atoms. The second-order valence-corrected chi connectivity index (χ2v) is 10.0. The lowest BCUT2D eigenvalue weighted by Crippen LogP contribution is -2.42. The van der Waals surface area contributed by atoms with Gasteiger partial charge < -0.3 is 9.64 Å². The first-order valence-electron chi connectivity index (χ1n) is 10.3. The summed E-state index contributed by atoms with van der Waals surface area (Å²) in [4.78, 5) is 17.4. The first-order chi connectivity index (χ1) is 12.7. The van der Waals surface area contributed by atoms with Gasteiger partial charge in [0, 0.05) is 22.1 Å². The molecule has 150 valence electrons. The second-order valence-electron chi connectivity index (χ2n) is 8.88. The third-order valence-electron chi connectivity index (χ3n) is 5.53. The molecular weight excluding hydrogens is 451 g/mol. The fraction of sp³-hybridized carbons (Fsp3) is 0.682. The Kier molecular flexibility index (Phi) is 6.41. The molecule has 5 heteroatoms. The molecule has 0 fully saturated rings. The molecule has 1 aromatic carbocycles. The number of rotatable bonds is 5. The minimum absolute atomic E-state index is 0.212. The van der Waals surface area contributed by atoms with Crippen LogP contribution in [0.1, 0.15) is 70.9 Å². The van der Waals surface area contributed by atoms with E-state index in [0.717, 1.165) is 38.2 Å². The van der Waals surface area contributed by atoms with Crippen molar-refractivity contribution < 1.29 is 9.53 Å². The number of benzene rings is 1. The summed E-state index contributed by atoms with van der Waals surface area (Å²) in [5, 5.41) is 0. The number of ether oxygens (including phenoxy) is 1. The van der Waals surface area contributed by atoms with E-state index in [2.05, 4.69) is 53.5 Å². The van der Waals surface area contributed by atoms with Crippen molar-refractivity contribution in [2.75, 3.05) is 24.5 Å². The predicted molar refractivity (Wildman–Crippen MR) is 120 cm³/mol. The van der Waals surface area contributed by atoms with E-state index in [0.29, 0.717) is 12.0 Å². The lowest BCUT2D eigenvalue weighted by molar-refractivity contribution is 0.0581. The van der Waals surface area contributed by atoms with Crippen LogP contribution in [-0.2, 0) is 11.2 Å². The van der Waals surface area contributed by atoms with Crippen molar-refractivity contribution in [1.82, 2.24) is 4.90 Å². The molecule has 3 rings (SSSR count). The molecule has 0 N–H and O–H groups in total. The second kappa shape index (κ2) is 8.27. The number of nitrogens with zero attached hydrogens (tertiary/aromatic N) is 2. The molecular formula is C22H33IN2O2. The Morgan fingerprint density at radius 1 is 1.26 bits per heavy atom. The van der Waals surface area contributed by atoms with Gasteiger partial charge >= 0.3 is 6.09 Å². The van der Waals surface area contributed by atoms with E-state index < -0.39 is 5.60 Å². The van der Waals surface area contributed by atoms with Gasteiger partial charge in [-0.05, 0) is 105 Å². The highest BCUT2D eigenvalue weighted by molar-refractivity contribution is 14.1. The summed E-state index contributed by atoms with van der Waals surface area (Å²) in [5.74, 6) is 0.423. The zero-order valence-corrected chi connectivity index (χ0v) is 19.5. The summed E-state index contributed by atoms with van der Waals surface area (Å²) in [6.07, 6.45) is 4.40. The van der Waals surface area contributed by atoms with Gasteiger partial charge in [-0.15, -0.1) is 0 Å². The van der Waals surface area contributed by atoms with E-state index >= 15 is 0 Å². The first kappa shape index (κ1) is 20.9. The average molecular weight is 484 g/mol. The van der Waals surface area contributed by atoms with E-state index in [-0.39, 0.29) is 6.09 Å². The molecule has 2 aliphatic rings. The van der Waals surface area contributed by atoms with Gasteiger partial charge in [0.15, 0.2) is 0 Å². The number of amides is 1. The van der Waals surface area contributed by atoms with E-state index in [1.807, 2.05) is 25.7 Å². The van der Waals surface area contributed by atoms with Gasteiger partial charge in [0.05, 0.1) is 5.69 Å². The first-order valence-corrected chi connectivity index (χ1v) is 11.4. The topological polar surface area (TPSA) is 32.8 Å². The van der Waals surface area contributed by atoms with E-state index in [1.54, 1.807) is 0 Å². The molecule has 0 unspecified atom stereocenters. The molecule has 27 heavy (non-hydrogen) atoms. The molecule has 1 aliphatic heterocycles. The lowest BCUT2D eigenvalue weighted by Gasteiger charge is -2.37. The Hall–Kier alpha value is -0.820. The van der Waals surface area contributed by atoms with Crippen LogP contribution in [0.15, 0.2) is 12.1 Å². The Morgan fingerprint density at radius 2 is 1.93 bits per heavy atom. The molecule has 0 spiro atoms. The number of anilines is 1. The Balaban J connectivity index is 1.90. The summed E-state index contributed by atoms with van der Waals surface area (Å²) in [5.41, 5.74) is 3.46. The van der Waals surface area contributed by atoms with E-state index in [9.17, 15) is 4.79 Å². The maximum absolute atomic E-state index is 12.8. The van der Waals surface area contributed by atoms with Crippen LogP contribution in [0.4, 0.5) is 10.5 Å². The maximum Gasteiger partial charge on any atom is 0.414 e. The lowest BCUT2D eigenvalue weighted by atomic mass is 9.80. The monoisotopic (exact) mass is 484 g/mol. The van der Waals surface area contributed by atoms with Crippen molar-refractivity contribution in [3.8, 4) is 0 Å².